The number of β-lactam (4-membered cyclic amide) rings is 1. The summed E-state index contributed by atoms with van der Waals surface area (Å²) in [4.78, 5) is 28.5. The number of nitrogens with zero attached hydrogens (tertiary/aromatic N) is 2. The first kappa shape index (κ1) is 18.5. The van der Waals surface area contributed by atoms with Crippen molar-refractivity contribution in [3.05, 3.63) is 29.8 Å². The van der Waals surface area contributed by atoms with Gasteiger partial charge in [0.05, 0.1) is 12.5 Å². The minimum Gasteiger partial charge on any atom is -0.497 e. The summed E-state index contributed by atoms with van der Waals surface area (Å²) in [6.45, 7) is 8.14. The van der Waals surface area contributed by atoms with E-state index < -0.39 is 5.60 Å². The van der Waals surface area contributed by atoms with Crippen molar-refractivity contribution in [1.82, 2.24) is 9.80 Å². The molecule has 1 spiro atoms. The van der Waals surface area contributed by atoms with Gasteiger partial charge in [-0.05, 0) is 51.3 Å². The van der Waals surface area contributed by atoms with Crippen molar-refractivity contribution in [2.75, 3.05) is 26.7 Å². The SMILES string of the molecule is COc1ccc(CN2CC3(CCN(C(=O)OC(C)(C)C)CC3)C2=O)cc1. The monoisotopic (exact) mass is 360 g/mol. The minimum atomic E-state index is -0.492. The van der Waals surface area contributed by atoms with Gasteiger partial charge in [0.2, 0.25) is 5.91 Å². The third-order valence-corrected chi connectivity index (χ3v) is 5.14. The van der Waals surface area contributed by atoms with Crippen LogP contribution in [0.4, 0.5) is 4.79 Å². The molecule has 2 heterocycles. The predicted octanol–water partition coefficient (Wildman–Crippen LogP) is 3.05. The van der Waals surface area contributed by atoms with Crippen molar-refractivity contribution in [3.8, 4) is 5.75 Å². The molecule has 0 N–H and O–H groups in total. The molecule has 142 valence electrons. The molecule has 2 aliphatic heterocycles. The van der Waals surface area contributed by atoms with Gasteiger partial charge in [-0.15, -0.1) is 0 Å². The van der Waals surface area contributed by atoms with Crippen LogP contribution in [0.1, 0.15) is 39.2 Å². The Morgan fingerprint density at radius 2 is 1.77 bits per heavy atom. The largest absolute Gasteiger partial charge is 0.497 e. The van der Waals surface area contributed by atoms with Crippen LogP contribution in [0.3, 0.4) is 0 Å². The Morgan fingerprint density at radius 3 is 2.27 bits per heavy atom. The Hall–Kier alpha value is -2.24. The Balaban J connectivity index is 1.51. The van der Waals surface area contributed by atoms with E-state index in [-0.39, 0.29) is 17.4 Å². The Morgan fingerprint density at radius 1 is 1.15 bits per heavy atom. The third kappa shape index (κ3) is 3.79. The van der Waals surface area contributed by atoms with E-state index in [0.717, 1.165) is 17.9 Å². The van der Waals surface area contributed by atoms with Crippen molar-refractivity contribution in [2.24, 2.45) is 5.41 Å². The van der Waals surface area contributed by atoms with E-state index in [4.69, 9.17) is 9.47 Å². The van der Waals surface area contributed by atoms with Crippen LogP contribution < -0.4 is 4.74 Å². The first-order valence-corrected chi connectivity index (χ1v) is 9.13. The molecule has 2 fully saturated rings. The molecule has 6 heteroatoms. The first-order chi connectivity index (χ1) is 12.2. The highest BCUT2D eigenvalue weighted by Gasteiger charge is 2.53. The average Bonchev–Trinajstić information content (AvgIpc) is 2.60. The van der Waals surface area contributed by atoms with Gasteiger partial charge in [-0.25, -0.2) is 4.79 Å². The van der Waals surface area contributed by atoms with Crippen LogP contribution in [0.5, 0.6) is 5.75 Å². The Bertz CT molecular complexity index is 670. The fourth-order valence-corrected chi connectivity index (χ4v) is 3.64. The van der Waals surface area contributed by atoms with E-state index in [1.165, 1.54) is 0 Å². The maximum absolute atomic E-state index is 12.7. The lowest BCUT2D eigenvalue weighted by molar-refractivity contribution is -0.166. The smallest absolute Gasteiger partial charge is 0.410 e. The summed E-state index contributed by atoms with van der Waals surface area (Å²) in [5.41, 5.74) is 0.318. The van der Waals surface area contributed by atoms with Crippen molar-refractivity contribution in [2.45, 2.75) is 45.8 Å². The van der Waals surface area contributed by atoms with Gasteiger partial charge in [0.15, 0.2) is 0 Å². The molecule has 0 bridgehead atoms. The van der Waals surface area contributed by atoms with Crippen LogP contribution in [0.2, 0.25) is 0 Å². The minimum absolute atomic E-state index is 0.206. The highest BCUT2D eigenvalue weighted by molar-refractivity contribution is 5.89. The Labute approximate surface area is 155 Å². The fourth-order valence-electron chi connectivity index (χ4n) is 3.64. The molecular formula is C20H28N2O4. The standard InChI is InChI=1S/C20H28N2O4/c1-19(2,3)26-18(24)21-11-9-20(10-12-21)14-22(17(20)23)13-15-5-7-16(25-4)8-6-15/h5-8H,9-14H2,1-4H3. The molecule has 2 saturated heterocycles. The van der Waals surface area contributed by atoms with Gasteiger partial charge in [0, 0.05) is 26.2 Å². The van der Waals surface area contributed by atoms with Gasteiger partial charge in [-0.1, -0.05) is 12.1 Å². The number of amides is 2. The lowest BCUT2D eigenvalue weighted by atomic mass is 9.71. The molecule has 0 atom stereocenters. The lowest BCUT2D eigenvalue weighted by Crippen LogP contribution is -2.64. The van der Waals surface area contributed by atoms with E-state index in [0.29, 0.717) is 32.5 Å². The predicted molar refractivity (Wildman–Crippen MR) is 97.9 cm³/mol. The molecule has 3 rings (SSSR count). The average molecular weight is 360 g/mol. The summed E-state index contributed by atoms with van der Waals surface area (Å²) in [6, 6.07) is 7.80. The highest BCUT2D eigenvalue weighted by atomic mass is 16.6. The second kappa shape index (κ2) is 6.82. The van der Waals surface area contributed by atoms with E-state index in [2.05, 4.69) is 0 Å². The van der Waals surface area contributed by atoms with Crippen molar-refractivity contribution >= 4 is 12.0 Å². The van der Waals surface area contributed by atoms with Gasteiger partial charge in [-0.3, -0.25) is 4.79 Å². The number of piperidine rings is 1. The number of rotatable bonds is 3. The van der Waals surface area contributed by atoms with Gasteiger partial charge in [0.25, 0.3) is 0 Å². The van der Waals surface area contributed by atoms with E-state index in [1.807, 2.05) is 49.9 Å². The molecule has 2 amide bonds. The number of ether oxygens (including phenoxy) is 2. The Kier molecular flexibility index (Phi) is 4.86. The molecule has 1 aromatic carbocycles. The summed E-state index contributed by atoms with van der Waals surface area (Å²) < 4.78 is 10.6. The zero-order valence-electron chi connectivity index (χ0n) is 16.1. The molecule has 2 aliphatic rings. The molecule has 0 unspecified atom stereocenters. The molecule has 26 heavy (non-hydrogen) atoms. The second-order valence-electron chi connectivity index (χ2n) is 8.26. The quantitative estimate of drug-likeness (QED) is 0.778. The molecule has 0 aromatic heterocycles. The molecule has 0 aliphatic carbocycles. The van der Waals surface area contributed by atoms with Gasteiger partial charge < -0.3 is 19.3 Å². The number of hydrogen-bond donors (Lipinski definition) is 0. The third-order valence-electron chi connectivity index (χ3n) is 5.14. The summed E-state index contributed by atoms with van der Waals surface area (Å²) >= 11 is 0. The van der Waals surface area contributed by atoms with Crippen molar-refractivity contribution in [1.29, 1.82) is 0 Å². The maximum Gasteiger partial charge on any atom is 0.410 e. The van der Waals surface area contributed by atoms with Gasteiger partial charge in [0.1, 0.15) is 11.4 Å². The number of likely N-dealkylation sites (tertiary alicyclic amines) is 2. The van der Waals surface area contributed by atoms with E-state index >= 15 is 0 Å². The summed E-state index contributed by atoms with van der Waals surface area (Å²) in [7, 11) is 1.64. The van der Waals surface area contributed by atoms with Crippen LogP contribution in [0, 0.1) is 5.41 Å². The second-order valence-corrected chi connectivity index (χ2v) is 8.26. The highest BCUT2D eigenvalue weighted by Crippen LogP contribution is 2.42. The summed E-state index contributed by atoms with van der Waals surface area (Å²) in [5, 5.41) is 0. The maximum atomic E-state index is 12.7. The number of hydrogen-bond acceptors (Lipinski definition) is 4. The molecule has 1 aromatic rings. The zero-order chi connectivity index (χ0) is 18.9. The lowest BCUT2D eigenvalue weighted by Gasteiger charge is -2.52. The van der Waals surface area contributed by atoms with Crippen LogP contribution in [-0.4, -0.2) is 54.1 Å². The fraction of sp³-hybridized carbons (Fsp3) is 0.600. The van der Waals surface area contributed by atoms with E-state index in [1.54, 1.807) is 12.0 Å². The molecule has 0 radical (unpaired) electrons. The first-order valence-electron chi connectivity index (χ1n) is 9.13. The summed E-state index contributed by atoms with van der Waals surface area (Å²) in [6.07, 6.45) is 1.14. The van der Waals surface area contributed by atoms with Crippen LogP contribution in [0.25, 0.3) is 0 Å². The van der Waals surface area contributed by atoms with Crippen molar-refractivity contribution in [3.63, 3.8) is 0 Å². The van der Waals surface area contributed by atoms with Gasteiger partial charge in [-0.2, -0.15) is 0 Å². The molecule has 0 saturated carbocycles. The topological polar surface area (TPSA) is 59.1 Å². The number of benzene rings is 1. The zero-order valence-corrected chi connectivity index (χ0v) is 16.1. The van der Waals surface area contributed by atoms with Crippen LogP contribution >= 0.6 is 0 Å². The molecular weight excluding hydrogens is 332 g/mol. The van der Waals surface area contributed by atoms with Gasteiger partial charge >= 0.3 is 6.09 Å². The van der Waals surface area contributed by atoms with Crippen LogP contribution in [0.15, 0.2) is 24.3 Å². The number of methoxy groups -OCH3 is 1. The number of carbonyl (C=O) groups is 2. The molecule has 6 nitrogen and oxygen atoms in total. The normalized spacial score (nSPS) is 19.3. The van der Waals surface area contributed by atoms with Crippen molar-refractivity contribution < 1.29 is 19.1 Å². The number of carbonyl (C=O) groups excluding carboxylic acids is 2. The summed E-state index contributed by atoms with van der Waals surface area (Å²) in [5.74, 6) is 1.02. The van der Waals surface area contributed by atoms with E-state index in [9.17, 15) is 9.59 Å². The van der Waals surface area contributed by atoms with Crippen LogP contribution in [-0.2, 0) is 16.1 Å².